The molecule has 0 aromatic heterocycles. The van der Waals surface area contributed by atoms with E-state index >= 15 is 0 Å². The molecule has 1 amide bonds. The molecule has 0 spiro atoms. The third-order valence-electron chi connectivity index (χ3n) is 7.21. The van der Waals surface area contributed by atoms with Gasteiger partial charge < -0.3 is 21.5 Å². The first kappa shape index (κ1) is 36.4. The first-order valence-corrected chi connectivity index (χ1v) is 18.2. The molecule has 4 aromatic rings. The summed E-state index contributed by atoms with van der Waals surface area (Å²) in [6.07, 6.45) is 0. The van der Waals surface area contributed by atoms with Crippen LogP contribution in [-0.2, 0) is 35.1 Å². The second kappa shape index (κ2) is 13.1. The van der Waals surface area contributed by atoms with Crippen molar-refractivity contribution in [3.05, 3.63) is 107 Å². The number of nitrogens with two attached hydrogens (primary N) is 1. The number of amides is 1. The number of rotatable bonds is 9. The van der Waals surface area contributed by atoms with Crippen molar-refractivity contribution in [3.63, 3.8) is 0 Å². The van der Waals surface area contributed by atoms with E-state index in [9.17, 15) is 58.4 Å². The molecule has 1 aliphatic carbocycles. The topological polar surface area (TPSA) is 309 Å². The fourth-order valence-corrected chi connectivity index (χ4v) is 6.92. The molecule has 0 radical (unpaired) electrons. The van der Waals surface area contributed by atoms with Crippen molar-refractivity contribution in [2.24, 2.45) is 10.2 Å². The summed E-state index contributed by atoms with van der Waals surface area (Å²) in [5.41, 5.74) is 0.223. The van der Waals surface area contributed by atoms with Gasteiger partial charge in [-0.2, -0.15) is 25.3 Å². The zero-order valence-electron chi connectivity index (χ0n) is 25.6. The molecule has 0 saturated carbocycles. The number of fused-ring (bicyclic) bond motifs is 2. The van der Waals surface area contributed by atoms with Gasteiger partial charge in [-0.1, -0.05) is 42.5 Å². The van der Waals surface area contributed by atoms with Gasteiger partial charge in [0.2, 0.25) is 0 Å². The van der Waals surface area contributed by atoms with Crippen LogP contribution in [0.3, 0.4) is 0 Å². The van der Waals surface area contributed by atoms with Gasteiger partial charge in [0.15, 0.2) is 17.3 Å². The Labute approximate surface area is 288 Å². The number of hydrogen-bond donors (Lipinski definition) is 7. The van der Waals surface area contributed by atoms with E-state index in [2.05, 4.69) is 20.9 Å². The summed E-state index contributed by atoms with van der Waals surface area (Å²) >= 11 is 0. The molecule has 4 aromatic carbocycles. The van der Waals surface area contributed by atoms with E-state index in [1.165, 1.54) is 36.4 Å². The average Bonchev–Trinajstić information content (AvgIpc) is 3.03. The van der Waals surface area contributed by atoms with Crippen molar-refractivity contribution < 1.29 is 58.4 Å². The smallest absolute Gasteiger partial charge is 0.296 e. The van der Waals surface area contributed by atoms with Gasteiger partial charge in [-0.3, -0.25) is 28.0 Å². The van der Waals surface area contributed by atoms with Crippen molar-refractivity contribution in [3.8, 4) is 0 Å². The fraction of sp³-hybridized carbons (Fsp3) is 0.0333. The Morgan fingerprint density at radius 3 is 1.75 bits per heavy atom. The highest BCUT2D eigenvalue weighted by molar-refractivity contribution is 7.86. The fourth-order valence-electron chi connectivity index (χ4n) is 4.99. The number of azo groups is 1. The number of anilines is 4. The lowest BCUT2D eigenvalue weighted by molar-refractivity contribution is -0.113. The Morgan fingerprint density at radius 1 is 0.706 bits per heavy atom. The molecule has 5 rings (SSSR count). The van der Waals surface area contributed by atoms with E-state index in [1.54, 1.807) is 18.2 Å². The Bertz CT molecular complexity index is 2580. The lowest BCUT2D eigenvalue weighted by atomic mass is 9.82. The van der Waals surface area contributed by atoms with E-state index < -0.39 is 108 Å². The molecule has 0 fully saturated rings. The SMILES string of the molecule is C/C(O)=C(/N=Nc1cc(S(=O)(=O)O)c(Nc2cc(S(=O)(=O)O)c(N)c3c2C(=O)c2ccccc2C3=O)cc1S(=O)(=O)O)C(=O)Nc1ccccc1. The van der Waals surface area contributed by atoms with Crippen molar-refractivity contribution >= 4 is 76.3 Å². The number of ketones is 2. The van der Waals surface area contributed by atoms with Crippen molar-refractivity contribution in [1.82, 2.24) is 0 Å². The maximum Gasteiger partial charge on any atom is 0.296 e. The number of nitrogens with one attached hydrogen (secondary N) is 2. The molecule has 18 nitrogen and oxygen atoms in total. The minimum Gasteiger partial charge on any atom is -0.510 e. The van der Waals surface area contributed by atoms with Crippen LogP contribution < -0.4 is 16.4 Å². The summed E-state index contributed by atoms with van der Waals surface area (Å²) in [5.74, 6) is -3.67. The summed E-state index contributed by atoms with van der Waals surface area (Å²) in [7, 11) is -16.0. The Kier molecular flexibility index (Phi) is 9.38. The average molecular weight is 758 g/mol. The third kappa shape index (κ3) is 7.23. The van der Waals surface area contributed by atoms with E-state index in [1.807, 2.05) is 0 Å². The summed E-state index contributed by atoms with van der Waals surface area (Å²) in [4.78, 5) is 36.4. The van der Waals surface area contributed by atoms with Gasteiger partial charge in [0.05, 0.1) is 28.2 Å². The molecular weight excluding hydrogens is 735 g/mol. The minimum absolute atomic E-state index is 0.180. The highest BCUT2D eigenvalue weighted by atomic mass is 32.2. The van der Waals surface area contributed by atoms with Crippen molar-refractivity contribution in [2.45, 2.75) is 21.6 Å². The first-order valence-electron chi connectivity index (χ1n) is 13.9. The van der Waals surface area contributed by atoms with Gasteiger partial charge in [0.1, 0.15) is 26.1 Å². The Balaban J connectivity index is 1.72. The molecule has 21 heteroatoms. The monoisotopic (exact) mass is 757 g/mol. The molecule has 0 atom stereocenters. The summed E-state index contributed by atoms with van der Waals surface area (Å²) < 4.78 is 105. The lowest BCUT2D eigenvalue weighted by Crippen LogP contribution is -2.25. The van der Waals surface area contributed by atoms with Crippen molar-refractivity contribution in [1.29, 1.82) is 0 Å². The van der Waals surface area contributed by atoms with Crippen molar-refractivity contribution in [2.75, 3.05) is 16.4 Å². The standard InChI is InChI=1S/C30H23N5O13S3/c1-14(36)27(30(39)32-15-7-3-2-4-8-15)35-34-19-12-21(49(40,41)42)18(11-22(19)50(43,44)45)33-20-13-23(51(46,47)48)26(31)25-24(20)28(37)16-9-5-6-10-17(16)29(25)38/h2-13,33,36H,31H2,1H3,(H,32,39)(H,40,41,42)(H,43,44,45)(H,46,47,48)/b27-14-,35-34?. The van der Waals surface area contributed by atoms with Crippen LogP contribution in [0.4, 0.5) is 28.4 Å². The lowest BCUT2D eigenvalue weighted by Gasteiger charge is -2.24. The first-order chi connectivity index (χ1) is 23.7. The number of hydrogen-bond acceptors (Lipinski definition) is 14. The van der Waals surface area contributed by atoms with Gasteiger partial charge >= 0.3 is 0 Å². The molecule has 0 saturated heterocycles. The van der Waals surface area contributed by atoms with E-state index in [0.29, 0.717) is 18.2 Å². The number of carbonyl (C=O) groups is 3. The Morgan fingerprint density at radius 2 is 1.22 bits per heavy atom. The second-order valence-corrected chi connectivity index (χ2v) is 14.8. The van der Waals surface area contributed by atoms with Gasteiger partial charge in [-0.15, -0.1) is 10.2 Å². The predicted molar refractivity (Wildman–Crippen MR) is 178 cm³/mol. The minimum atomic E-state index is -5.42. The van der Waals surface area contributed by atoms with Crippen LogP contribution >= 0.6 is 0 Å². The number of nitrogen functional groups attached to an aromatic ring is 1. The van der Waals surface area contributed by atoms with Crippen LogP contribution in [0.1, 0.15) is 38.8 Å². The van der Waals surface area contributed by atoms with Crippen LogP contribution in [-0.4, -0.2) is 61.5 Å². The summed E-state index contributed by atoms with van der Waals surface area (Å²) in [6, 6.07) is 14.4. The third-order valence-corrected chi connectivity index (χ3v) is 9.88. The predicted octanol–water partition coefficient (Wildman–Crippen LogP) is 4.04. The number of benzene rings is 4. The van der Waals surface area contributed by atoms with Crippen LogP contribution in [0.2, 0.25) is 0 Å². The van der Waals surface area contributed by atoms with Crippen LogP contribution in [0.25, 0.3) is 0 Å². The molecule has 0 aliphatic heterocycles. The van der Waals surface area contributed by atoms with Gasteiger partial charge in [0.25, 0.3) is 36.3 Å². The van der Waals surface area contributed by atoms with E-state index in [-0.39, 0.29) is 16.8 Å². The normalized spacial score (nSPS) is 13.7. The van der Waals surface area contributed by atoms with Gasteiger partial charge in [-0.25, -0.2) is 0 Å². The second-order valence-electron chi connectivity index (χ2n) is 10.6. The highest BCUT2D eigenvalue weighted by Crippen LogP contribution is 2.42. The molecular formula is C30H23N5O13S3. The zero-order valence-corrected chi connectivity index (χ0v) is 28.0. The van der Waals surface area contributed by atoms with E-state index in [4.69, 9.17) is 5.73 Å². The molecule has 8 N–H and O–H groups in total. The Hall–Kier alpha value is -5.84. The zero-order chi connectivity index (χ0) is 37.6. The number of nitrogens with zero attached hydrogens (tertiary/aromatic N) is 2. The van der Waals surface area contributed by atoms with Gasteiger partial charge in [-0.05, 0) is 37.3 Å². The van der Waals surface area contributed by atoms with Crippen LogP contribution in [0, 0.1) is 0 Å². The highest BCUT2D eigenvalue weighted by Gasteiger charge is 2.37. The maximum absolute atomic E-state index is 13.7. The molecule has 0 heterocycles. The molecule has 1 aliphatic rings. The van der Waals surface area contributed by atoms with E-state index in [0.717, 1.165) is 6.92 Å². The maximum atomic E-state index is 13.7. The summed E-state index contributed by atoms with van der Waals surface area (Å²) in [5, 5.41) is 21.8. The number of aliphatic hydroxyl groups is 1. The quantitative estimate of drug-likeness (QED) is 0.0367. The van der Waals surface area contributed by atoms with Crippen LogP contribution in [0.15, 0.2) is 109 Å². The largest absolute Gasteiger partial charge is 0.510 e. The summed E-state index contributed by atoms with van der Waals surface area (Å²) in [6.45, 7) is 1.03. The molecule has 51 heavy (non-hydrogen) atoms. The number of carbonyl (C=O) groups excluding carboxylic acids is 3. The number of aliphatic hydroxyl groups excluding tert-OH is 1. The van der Waals surface area contributed by atoms with Gasteiger partial charge in [0, 0.05) is 16.8 Å². The molecule has 264 valence electrons. The number of para-hydroxylation sites is 1. The van der Waals surface area contributed by atoms with Crippen LogP contribution in [0.5, 0.6) is 0 Å². The molecule has 0 bridgehead atoms. The number of allylic oxidation sites excluding steroid dienone is 1. The molecule has 0 unspecified atom stereocenters.